The van der Waals surface area contributed by atoms with Crippen molar-refractivity contribution in [3.8, 4) is 0 Å². The normalized spacial score (nSPS) is 29.1. The van der Waals surface area contributed by atoms with E-state index in [1.807, 2.05) is 42.6 Å². The van der Waals surface area contributed by atoms with Gasteiger partial charge in [0.05, 0.1) is 12.8 Å². The highest BCUT2D eigenvalue weighted by Crippen LogP contribution is 2.46. The summed E-state index contributed by atoms with van der Waals surface area (Å²) in [7, 11) is 1.31. The zero-order chi connectivity index (χ0) is 20.1. The Balaban J connectivity index is 1.85. The van der Waals surface area contributed by atoms with Gasteiger partial charge in [-0.05, 0) is 24.6 Å². The van der Waals surface area contributed by atoms with Crippen LogP contribution in [0.5, 0.6) is 0 Å². The van der Waals surface area contributed by atoms with Crippen LogP contribution in [0.3, 0.4) is 0 Å². The third-order valence-electron chi connectivity index (χ3n) is 6.10. The topological polar surface area (TPSA) is 80.3 Å². The average Bonchev–Trinajstić information content (AvgIpc) is 3.16. The van der Waals surface area contributed by atoms with Crippen LogP contribution in [0.15, 0.2) is 54.6 Å². The molecule has 4 atom stereocenters. The lowest BCUT2D eigenvalue weighted by atomic mass is 9.80. The Bertz CT molecular complexity index is 958. The Hall–Kier alpha value is -2.99. The fourth-order valence-electron chi connectivity index (χ4n) is 4.75. The van der Waals surface area contributed by atoms with Gasteiger partial charge in [-0.2, -0.15) is 0 Å². The largest absolute Gasteiger partial charge is 0.464 e. The number of nitrogens with two attached hydrogens (primary N) is 1. The Morgan fingerprint density at radius 3 is 2.32 bits per heavy atom. The fourth-order valence-corrected chi connectivity index (χ4v) is 4.75. The number of anilines is 1. The van der Waals surface area contributed by atoms with Crippen molar-refractivity contribution >= 4 is 23.5 Å². The number of hydrogen-bond acceptors (Lipinski definition) is 4. The van der Waals surface area contributed by atoms with Crippen LogP contribution in [0.2, 0.25) is 0 Å². The van der Waals surface area contributed by atoms with Gasteiger partial charge in [0.2, 0.25) is 17.4 Å². The quantitative estimate of drug-likeness (QED) is 0.645. The second-order valence-corrected chi connectivity index (χ2v) is 7.67. The number of carbonyl (C=O) groups excluding carboxylic acids is 3. The Kier molecular flexibility index (Phi) is 4.31. The SMILES string of the molecule is COC(=O)[C@@]1(C)[NH2+][C@@H](c2ccccc2C)[C@H]2C(=O)N(c3ccccc3)C(=O)[C@H]21. The minimum absolute atomic E-state index is 0.265. The van der Waals surface area contributed by atoms with Gasteiger partial charge in [-0.1, -0.05) is 42.5 Å². The molecule has 0 aromatic heterocycles. The second-order valence-electron chi connectivity index (χ2n) is 7.67. The van der Waals surface area contributed by atoms with Crippen LogP contribution in [0.25, 0.3) is 0 Å². The van der Waals surface area contributed by atoms with Crippen LogP contribution in [-0.2, 0) is 19.1 Å². The van der Waals surface area contributed by atoms with Gasteiger partial charge in [-0.3, -0.25) is 9.59 Å². The molecule has 0 spiro atoms. The molecule has 0 aliphatic carbocycles. The monoisotopic (exact) mass is 379 g/mol. The van der Waals surface area contributed by atoms with Gasteiger partial charge in [0.25, 0.3) is 0 Å². The maximum absolute atomic E-state index is 13.4. The Morgan fingerprint density at radius 1 is 1.04 bits per heavy atom. The first-order chi connectivity index (χ1) is 13.4. The van der Waals surface area contributed by atoms with Crippen molar-refractivity contribution in [2.24, 2.45) is 11.8 Å². The number of ether oxygens (including phenoxy) is 1. The summed E-state index contributed by atoms with van der Waals surface area (Å²) in [6.45, 7) is 3.68. The highest BCUT2D eigenvalue weighted by Gasteiger charge is 2.70. The molecule has 0 bridgehead atoms. The van der Waals surface area contributed by atoms with E-state index in [0.717, 1.165) is 11.1 Å². The maximum Gasteiger partial charge on any atom is 0.368 e. The third-order valence-corrected chi connectivity index (χ3v) is 6.10. The van der Waals surface area contributed by atoms with Crippen molar-refractivity contribution < 1.29 is 24.4 Å². The van der Waals surface area contributed by atoms with E-state index in [1.165, 1.54) is 12.0 Å². The number of amides is 2. The molecular weight excluding hydrogens is 356 g/mol. The van der Waals surface area contributed by atoms with Crippen LogP contribution in [0.4, 0.5) is 5.69 Å². The van der Waals surface area contributed by atoms with Gasteiger partial charge in [-0.15, -0.1) is 0 Å². The number of fused-ring (bicyclic) bond motifs is 1. The number of imide groups is 1. The van der Waals surface area contributed by atoms with E-state index < -0.39 is 23.3 Å². The van der Waals surface area contributed by atoms with Crippen LogP contribution < -0.4 is 10.2 Å². The molecule has 0 saturated carbocycles. The van der Waals surface area contributed by atoms with E-state index in [4.69, 9.17) is 4.74 Å². The summed E-state index contributed by atoms with van der Waals surface area (Å²) in [4.78, 5) is 40.7. The summed E-state index contributed by atoms with van der Waals surface area (Å²) < 4.78 is 5.03. The van der Waals surface area contributed by atoms with Gasteiger partial charge in [-0.25, -0.2) is 9.69 Å². The number of methoxy groups -OCH3 is 1. The second kappa shape index (κ2) is 6.56. The molecular formula is C22H23N2O4+. The van der Waals surface area contributed by atoms with Crippen LogP contribution in [-0.4, -0.2) is 30.4 Å². The number of hydrogen-bond donors (Lipinski definition) is 1. The smallest absolute Gasteiger partial charge is 0.368 e. The molecule has 2 aliphatic rings. The minimum Gasteiger partial charge on any atom is -0.464 e. The van der Waals surface area contributed by atoms with Crippen LogP contribution in [0.1, 0.15) is 24.1 Å². The highest BCUT2D eigenvalue weighted by molar-refractivity contribution is 6.23. The first-order valence-electron chi connectivity index (χ1n) is 9.33. The van der Waals surface area contributed by atoms with Crippen molar-refractivity contribution in [2.45, 2.75) is 25.4 Å². The molecule has 0 unspecified atom stereocenters. The van der Waals surface area contributed by atoms with E-state index in [-0.39, 0.29) is 17.9 Å². The van der Waals surface area contributed by atoms with Crippen LogP contribution >= 0.6 is 0 Å². The average molecular weight is 379 g/mol. The number of rotatable bonds is 3. The molecule has 2 aliphatic heterocycles. The standard InChI is InChI=1S/C22H22N2O4/c1-13-9-7-8-12-15(13)18-16-17(22(2,23-18)21(27)28-3)20(26)24(19(16)25)14-10-5-4-6-11-14/h4-12,16-18,23H,1-3H3/p+1/t16-,17-,18-,22-/m0/s1. The minimum atomic E-state index is -1.16. The molecule has 144 valence electrons. The predicted molar refractivity (Wildman–Crippen MR) is 102 cm³/mol. The van der Waals surface area contributed by atoms with Crippen molar-refractivity contribution in [2.75, 3.05) is 12.0 Å². The molecule has 2 saturated heterocycles. The fraction of sp³-hybridized carbons (Fsp3) is 0.318. The number of para-hydroxylation sites is 1. The Labute approximate surface area is 163 Å². The van der Waals surface area contributed by atoms with Gasteiger partial charge >= 0.3 is 5.97 Å². The predicted octanol–water partition coefficient (Wildman–Crippen LogP) is 1.35. The van der Waals surface area contributed by atoms with E-state index in [2.05, 4.69) is 0 Å². The van der Waals surface area contributed by atoms with E-state index >= 15 is 0 Å². The van der Waals surface area contributed by atoms with Gasteiger partial charge in [0.1, 0.15) is 17.9 Å². The summed E-state index contributed by atoms with van der Waals surface area (Å²) in [5.41, 5.74) is 1.35. The molecule has 2 aromatic carbocycles. The van der Waals surface area contributed by atoms with Gasteiger partial charge in [0.15, 0.2) is 0 Å². The number of carbonyl (C=O) groups is 3. The first kappa shape index (κ1) is 18.4. The zero-order valence-electron chi connectivity index (χ0n) is 16.1. The summed E-state index contributed by atoms with van der Waals surface area (Å²) in [6, 6.07) is 16.3. The van der Waals surface area contributed by atoms with Gasteiger partial charge in [0, 0.05) is 12.5 Å². The molecule has 2 fully saturated rings. The van der Waals surface area contributed by atoms with Crippen molar-refractivity contribution in [1.82, 2.24) is 0 Å². The molecule has 0 radical (unpaired) electrons. The number of benzene rings is 2. The summed E-state index contributed by atoms with van der Waals surface area (Å²) in [5, 5.41) is 1.84. The first-order valence-corrected chi connectivity index (χ1v) is 9.33. The molecule has 6 heteroatoms. The molecule has 2 N–H and O–H groups in total. The van der Waals surface area contributed by atoms with Crippen molar-refractivity contribution in [3.05, 3.63) is 65.7 Å². The highest BCUT2D eigenvalue weighted by atomic mass is 16.5. The third kappa shape index (κ3) is 2.48. The lowest BCUT2D eigenvalue weighted by Crippen LogP contribution is -2.97. The van der Waals surface area contributed by atoms with E-state index in [1.54, 1.807) is 31.2 Å². The zero-order valence-corrected chi connectivity index (χ0v) is 16.1. The molecule has 2 aromatic rings. The molecule has 28 heavy (non-hydrogen) atoms. The van der Waals surface area contributed by atoms with Crippen molar-refractivity contribution in [1.29, 1.82) is 0 Å². The van der Waals surface area contributed by atoms with E-state index in [9.17, 15) is 14.4 Å². The lowest BCUT2D eigenvalue weighted by molar-refractivity contribution is -0.730. The molecule has 2 heterocycles. The number of nitrogens with zero attached hydrogens (tertiary/aromatic N) is 1. The Morgan fingerprint density at radius 2 is 1.68 bits per heavy atom. The number of quaternary nitrogens is 1. The maximum atomic E-state index is 13.4. The van der Waals surface area contributed by atoms with E-state index in [0.29, 0.717) is 5.69 Å². The summed E-state index contributed by atoms with van der Waals surface area (Å²) >= 11 is 0. The van der Waals surface area contributed by atoms with Crippen LogP contribution in [0, 0.1) is 18.8 Å². The molecule has 4 rings (SSSR count). The number of aryl methyl sites for hydroxylation is 1. The van der Waals surface area contributed by atoms with Gasteiger partial charge < -0.3 is 10.1 Å². The van der Waals surface area contributed by atoms with Crippen molar-refractivity contribution in [3.63, 3.8) is 0 Å². The molecule has 6 nitrogen and oxygen atoms in total. The molecule has 2 amide bonds. The summed E-state index contributed by atoms with van der Waals surface area (Å²) in [6.07, 6.45) is 0. The summed E-state index contributed by atoms with van der Waals surface area (Å²) in [5.74, 6) is -2.51. The lowest BCUT2D eigenvalue weighted by Gasteiger charge is -2.26. The number of esters is 1.